The van der Waals surface area contributed by atoms with E-state index in [2.05, 4.69) is 0 Å². The normalized spacial score (nSPS) is 16.7. The predicted molar refractivity (Wildman–Crippen MR) is 78.0 cm³/mol. The minimum atomic E-state index is -0.930. The molecule has 0 heterocycles. The first-order valence-corrected chi connectivity index (χ1v) is 7.07. The summed E-state index contributed by atoms with van der Waals surface area (Å²) >= 11 is 0. The van der Waals surface area contributed by atoms with Crippen molar-refractivity contribution in [2.75, 3.05) is 21.3 Å². The van der Waals surface area contributed by atoms with E-state index in [0.717, 1.165) is 18.4 Å². The SMILES string of the molecule is COCc1ccc(OC)c(C2(C(=O)O)CCCC2)c1OC. The molecule has 0 spiro atoms. The first kappa shape index (κ1) is 15.6. The molecule has 1 aromatic rings. The number of methoxy groups -OCH3 is 3. The zero-order valence-electron chi connectivity index (χ0n) is 12.8. The van der Waals surface area contributed by atoms with E-state index in [-0.39, 0.29) is 0 Å². The van der Waals surface area contributed by atoms with Crippen LogP contribution in [0.3, 0.4) is 0 Å². The van der Waals surface area contributed by atoms with E-state index < -0.39 is 11.4 Å². The smallest absolute Gasteiger partial charge is 0.314 e. The summed E-state index contributed by atoms with van der Waals surface area (Å²) in [4.78, 5) is 12.0. The van der Waals surface area contributed by atoms with Gasteiger partial charge in [0.25, 0.3) is 0 Å². The molecule has 0 amide bonds. The van der Waals surface area contributed by atoms with Crippen molar-refractivity contribution in [2.24, 2.45) is 0 Å². The molecule has 0 bridgehead atoms. The summed E-state index contributed by atoms with van der Waals surface area (Å²) in [5.41, 5.74) is 0.552. The van der Waals surface area contributed by atoms with Crippen molar-refractivity contribution in [1.29, 1.82) is 0 Å². The second-order valence-electron chi connectivity index (χ2n) is 5.36. The predicted octanol–water partition coefficient (Wildman–Crippen LogP) is 2.75. The second-order valence-corrected chi connectivity index (χ2v) is 5.36. The van der Waals surface area contributed by atoms with Crippen LogP contribution in [0.5, 0.6) is 11.5 Å². The fourth-order valence-corrected chi connectivity index (χ4v) is 3.28. The van der Waals surface area contributed by atoms with E-state index in [1.807, 2.05) is 6.07 Å². The van der Waals surface area contributed by atoms with E-state index in [0.29, 0.717) is 36.5 Å². The summed E-state index contributed by atoms with van der Waals surface area (Å²) in [6.07, 6.45) is 3.00. The first-order valence-electron chi connectivity index (χ1n) is 7.07. The average Bonchev–Trinajstić information content (AvgIpc) is 2.97. The Morgan fingerprint density at radius 1 is 1.19 bits per heavy atom. The van der Waals surface area contributed by atoms with Crippen molar-refractivity contribution in [3.8, 4) is 11.5 Å². The van der Waals surface area contributed by atoms with Crippen LogP contribution < -0.4 is 9.47 Å². The second kappa shape index (κ2) is 6.35. The van der Waals surface area contributed by atoms with Crippen LogP contribution >= 0.6 is 0 Å². The molecule has 1 aliphatic rings. The maximum atomic E-state index is 12.0. The van der Waals surface area contributed by atoms with Gasteiger partial charge in [0, 0.05) is 12.7 Å². The molecule has 5 nitrogen and oxygen atoms in total. The van der Waals surface area contributed by atoms with E-state index in [9.17, 15) is 9.90 Å². The van der Waals surface area contributed by atoms with Gasteiger partial charge < -0.3 is 19.3 Å². The van der Waals surface area contributed by atoms with Crippen molar-refractivity contribution in [1.82, 2.24) is 0 Å². The molecule has 0 saturated heterocycles. The molecule has 116 valence electrons. The number of carbonyl (C=O) groups is 1. The summed E-state index contributed by atoms with van der Waals surface area (Å²) in [5.74, 6) is 0.322. The van der Waals surface area contributed by atoms with Crippen molar-refractivity contribution >= 4 is 5.97 Å². The molecular formula is C16H22O5. The number of hydrogen-bond donors (Lipinski definition) is 1. The molecule has 0 unspecified atom stereocenters. The largest absolute Gasteiger partial charge is 0.496 e. The molecule has 1 fully saturated rings. The maximum Gasteiger partial charge on any atom is 0.314 e. The van der Waals surface area contributed by atoms with Crippen LogP contribution in [-0.4, -0.2) is 32.4 Å². The Hall–Kier alpha value is -1.75. The average molecular weight is 294 g/mol. The summed E-state index contributed by atoms with van der Waals surface area (Å²) in [6.45, 7) is 0.371. The Bertz CT molecular complexity index is 518. The van der Waals surface area contributed by atoms with Gasteiger partial charge in [-0.1, -0.05) is 12.8 Å². The van der Waals surface area contributed by atoms with E-state index >= 15 is 0 Å². The topological polar surface area (TPSA) is 65.0 Å². The molecule has 21 heavy (non-hydrogen) atoms. The zero-order valence-corrected chi connectivity index (χ0v) is 12.8. The van der Waals surface area contributed by atoms with Gasteiger partial charge in [0.2, 0.25) is 0 Å². The fourth-order valence-electron chi connectivity index (χ4n) is 3.28. The molecule has 0 aliphatic heterocycles. The van der Waals surface area contributed by atoms with Crippen LogP contribution in [0.15, 0.2) is 12.1 Å². The molecule has 5 heteroatoms. The minimum absolute atomic E-state index is 0.371. The quantitative estimate of drug-likeness (QED) is 0.874. The van der Waals surface area contributed by atoms with Crippen LogP contribution in [0.2, 0.25) is 0 Å². The van der Waals surface area contributed by atoms with Gasteiger partial charge in [0.15, 0.2) is 0 Å². The van der Waals surface area contributed by atoms with E-state index in [1.54, 1.807) is 27.4 Å². The lowest BCUT2D eigenvalue weighted by molar-refractivity contribution is -0.143. The highest BCUT2D eigenvalue weighted by Crippen LogP contribution is 2.50. The Kier molecular flexibility index (Phi) is 4.73. The van der Waals surface area contributed by atoms with Gasteiger partial charge in [0.05, 0.1) is 31.8 Å². The third-order valence-electron chi connectivity index (χ3n) is 4.27. The van der Waals surface area contributed by atoms with Gasteiger partial charge in [-0.25, -0.2) is 0 Å². The Morgan fingerprint density at radius 3 is 2.33 bits per heavy atom. The Morgan fingerprint density at radius 2 is 1.86 bits per heavy atom. The lowest BCUT2D eigenvalue weighted by Gasteiger charge is -2.29. The molecule has 2 rings (SSSR count). The maximum absolute atomic E-state index is 12.0. The fraction of sp³-hybridized carbons (Fsp3) is 0.562. The van der Waals surface area contributed by atoms with E-state index in [1.165, 1.54) is 0 Å². The number of carboxylic acid groups (broad SMARTS) is 1. The van der Waals surface area contributed by atoms with Gasteiger partial charge in [-0.3, -0.25) is 4.79 Å². The van der Waals surface area contributed by atoms with Gasteiger partial charge >= 0.3 is 5.97 Å². The molecule has 0 aromatic heterocycles. The number of ether oxygens (including phenoxy) is 3. The Balaban J connectivity index is 2.68. The lowest BCUT2D eigenvalue weighted by Crippen LogP contribution is -2.33. The summed E-state index contributed by atoms with van der Waals surface area (Å²) in [6, 6.07) is 3.66. The standard InChI is InChI=1S/C16H22O5/c1-19-10-11-6-7-12(20-2)13(14(11)21-3)16(15(17)18)8-4-5-9-16/h6-7H,4-5,8-10H2,1-3H3,(H,17,18). The number of benzene rings is 1. The number of aliphatic carboxylic acids is 1. The summed E-state index contributed by atoms with van der Waals surface area (Å²) in [7, 11) is 4.71. The first-order chi connectivity index (χ1) is 10.1. The summed E-state index contributed by atoms with van der Waals surface area (Å²) in [5, 5.41) is 9.84. The Labute approximate surface area is 124 Å². The molecule has 1 aromatic carbocycles. The molecule has 1 aliphatic carbocycles. The van der Waals surface area contributed by atoms with Crippen molar-refractivity contribution in [3.05, 3.63) is 23.3 Å². The van der Waals surface area contributed by atoms with Crippen molar-refractivity contribution < 1.29 is 24.1 Å². The van der Waals surface area contributed by atoms with Crippen LogP contribution in [0.4, 0.5) is 0 Å². The van der Waals surface area contributed by atoms with Crippen LogP contribution in [0, 0.1) is 0 Å². The minimum Gasteiger partial charge on any atom is -0.496 e. The lowest BCUT2D eigenvalue weighted by atomic mass is 9.77. The van der Waals surface area contributed by atoms with Gasteiger partial charge in [-0.2, -0.15) is 0 Å². The van der Waals surface area contributed by atoms with Crippen LogP contribution in [0.25, 0.3) is 0 Å². The van der Waals surface area contributed by atoms with Crippen LogP contribution in [0.1, 0.15) is 36.8 Å². The highest BCUT2D eigenvalue weighted by Gasteiger charge is 2.47. The highest BCUT2D eigenvalue weighted by molar-refractivity contribution is 5.84. The number of carboxylic acids is 1. The monoisotopic (exact) mass is 294 g/mol. The van der Waals surface area contributed by atoms with Crippen molar-refractivity contribution in [2.45, 2.75) is 37.7 Å². The zero-order chi connectivity index (χ0) is 15.5. The number of rotatable bonds is 6. The molecule has 0 radical (unpaired) electrons. The van der Waals surface area contributed by atoms with Gasteiger partial charge in [-0.15, -0.1) is 0 Å². The molecular weight excluding hydrogens is 272 g/mol. The third kappa shape index (κ3) is 2.58. The van der Waals surface area contributed by atoms with E-state index in [4.69, 9.17) is 14.2 Å². The third-order valence-corrected chi connectivity index (χ3v) is 4.27. The summed E-state index contributed by atoms with van der Waals surface area (Å²) < 4.78 is 16.1. The number of hydrogen-bond acceptors (Lipinski definition) is 4. The molecule has 1 saturated carbocycles. The molecule has 0 atom stereocenters. The van der Waals surface area contributed by atoms with Gasteiger partial charge in [-0.05, 0) is 25.0 Å². The van der Waals surface area contributed by atoms with Crippen LogP contribution in [-0.2, 0) is 21.6 Å². The molecule has 1 N–H and O–H groups in total. The highest BCUT2D eigenvalue weighted by atomic mass is 16.5. The van der Waals surface area contributed by atoms with Crippen molar-refractivity contribution in [3.63, 3.8) is 0 Å². The van der Waals surface area contributed by atoms with Gasteiger partial charge in [0.1, 0.15) is 11.5 Å².